The van der Waals surface area contributed by atoms with Crippen LogP contribution in [0.5, 0.6) is 0 Å². The van der Waals surface area contributed by atoms with Gasteiger partial charge in [0.2, 0.25) is 0 Å². The number of carbonyl (C=O) groups is 2. The number of rotatable bonds is 4. The molecule has 0 aliphatic heterocycles. The largest absolute Gasteiger partial charge is 0.465 e. The molecule has 3 N–H and O–H groups in total. The summed E-state index contributed by atoms with van der Waals surface area (Å²) in [7, 11) is 1.30. The Morgan fingerprint density at radius 1 is 1.45 bits per heavy atom. The first kappa shape index (κ1) is 16.5. The van der Waals surface area contributed by atoms with Gasteiger partial charge in [-0.2, -0.15) is 0 Å². The van der Waals surface area contributed by atoms with Gasteiger partial charge in [0, 0.05) is 16.7 Å². The molecule has 2 amide bonds. The third-order valence-electron chi connectivity index (χ3n) is 2.61. The van der Waals surface area contributed by atoms with E-state index < -0.39 is 18.1 Å². The van der Waals surface area contributed by atoms with Crippen molar-refractivity contribution in [1.82, 2.24) is 5.32 Å². The van der Waals surface area contributed by atoms with E-state index in [4.69, 9.17) is 9.84 Å². The lowest BCUT2D eigenvalue weighted by Gasteiger charge is -2.14. The number of anilines is 1. The van der Waals surface area contributed by atoms with Crippen molar-refractivity contribution in [3.8, 4) is 0 Å². The number of amides is 2. The van der Waals surface area contributed by atoms with Gasteiger partial charge in [0.05, 0.1) is 18.8 Å². The highest BCUT2D eigenvalue weighted by atomic mass is 79.9. The zero-order valence-electron chi connectivity index (χ0n) is 11.5. The summed E-state index contributed by atoms with van der Waals surface area (Å²) < 4.78 is 5.30. The van der Waals surface area contributed by atoms with Gasteiger partial charge in [-0.15, -0.1) is 0 Å². The molecule has 0 spiro atoms. The zero-order chi connectivity index (χ0) is 15.3. The summed E-state index contributed by atoms with van der Waals surface area (Å²) >= 11 is 3.28. The SMILES string of the molecule is COC(=O)c1c(Br)ccc(NC(=O)NCC(C)O)c1C. The summed E-state index contributed by atoms with van der Waals surface area (Å²) in [6.07, 6.45) is -0.627. The van der Waals surface area contributed by atoms with Crippen LogP contribution in [0.1, 0.15) is 22.8 Å². The molecule has 0 fully saturated rings. The fourth-order valence-corrected chi connectivity index (χ4v) is 2.17. The van der Waals surface area contributed by atoms with E-state index in [0.717, 1.165) is 0 Å². The van der Waals surface area contributed by atoms with Crippen molar-refractivity contribution in [2.24, 2.45) is 0 Å². The Labute approximate surface area is 125 Å². The fraction of sp³-hybridized carbons (Fsp3) is 0.385. The summed E-state index contributed by atoms with van der Waals surface area (Å²) in [5.74, 6) is -0.484. The van der Waals surface area contributed by atoms with Crippen LogP contribution in [0.15, 0.2) is 16.6 Å². The molecule has 1 rings (SSSR count). The number of aliphatic hydroxyl groups excluding tert-OH is 1. The molecule has 0 heterocycles. The van der Waals surface area contributed by atoms with Crippen LogP contribution in [0.3, 0.4) is 0 Å². The number of ether oxygens (including phenoxy) is 1. The Bertz CT molecular complexity index is 517. The summed E-state index contributed by atoms with van der Waals surface area (Å²) in [5, 5.41) is 14.2. The molecule has 1 unspecified atom stereocenters. The van der Waals surface area contributed by atoms with E-state index >= 15 is 0 Å². The highest BCUT2D eigenvalue weighted by molar-refractivity contribution is 9.10. The van der Waals surface area contributed by atoms with E-state index in [1.54, 1.807) is 26.0 Å². The van der Waals surface area contributed by atoms with E-state index in [2.05, 4.69) is 26.6 Å². The molecule has 0 aliphatic carbocycles. The van der Waals surface area contributed by atoms with E-state index in [1.807, 2.05) is 0 Å². The van der Waals surface area contributed by atoms with Crippen LogP contribution >= 0.6 is 15.9 Å². The number of methoxy groups -OCH3 is 1. The Balaban J connectivity index is 2.92. The summed E-state index contributed by atoms with van der Waals surface area (Å²) in [6.45, 7) is 3.42. The van der Waals surface area contributed by atoms with Gasteiger partial charge in [-0.25, -0.2) is 9.59 Å². The molecular formula is C13H17BrN2O4. The lowest BCUT2D eigenvalue weighted by atomic mass is 10.1. The molecule has 0 aliphatic rings. The molecule has 0 bridgehead atoms. The van der Waals surface area contributed by atoms with Gasteiger partial charge in [0.1, 0.15) is 0 Å². The van der Waals surface area contributed by atoms with E-state index in [9.17, 15) is 9.59 Å². The molecule has 6 nitrogen and oxygen atoms in total. The number of nitrogens with one attached hydrogen (secondary N) is 2. The standard InChI is InChI=1S/C13H17BrN2O4/c1-7(17)6-15-13(19)16-10-5-4-9(14)11(8(10)2)12(18)20-3/h4-5,7,17H,6H2,1-3H3,(H2,15,16,19). The number of urea groups is 1. The Morgan fingerprint density at radius 2 is 2.10 bits per heavy atom. The predicted octanol–water partition coefficient (Wildman–Crippen LogP) is 2.05. The second-order valence-corrected chi connectivity index (χ2v) is 5.12. The predicted molar refractivity (Wildman–Crippen MR) is 78.9 cm³/mol. The highest BCUT2D eigenvalue weighted by Crippen LogP contribution is 2.27. The van der Waals surface area contributed by atoms with E-state index in [-0.39, 0.29) is 6.54 Å². The van der Waals surface area contributed by atoms with Crippen LogP contribution in [0.4, 0.5) is 10.5 Å². The third kappa shape index (κ3) is 4.21. The third-order valence-corrected chi connectivity index (χ3v) is 3.27. The van der Waals surface area contributed by atoms with Crippen molar-refractivity contribution in [3.05, 3.63) is 27.7 Å². The average molecular weight is 345 g/mol. The number of hydrogen-bond acceptors (Lipinski definition) is 4. The topological polar surface area (TPSA) is 87.7 Å². The monoisotopic (exact) mass is 344 g/mol. The van der Waals surface area contributed by atoms with E-state index in [1.165, 1.54) is 7.11 Å². The second-order valence-electron chi connectivity index (χ2n) is 4.27. The van der Waals surface area contributed by atoms with Gasteiger partial charge in [0.25, 0.3) is 0 Å². The van der Waals surface area contributed by atoms with Crippen molar-refractivity contribution in [2.75, 3.05) is 19.0 Å². The quantitative estimate of drug-likeness (QED) is 0.729. The summed E-state index contributed by atoms with van der Waals surface area (Å²) in [6, 6.07) is 2.88. The molecule has 0 radical (unpaired) electrons. The maximum atomic E-state index is 11.7. The Kier molecular flexibility index (Phi) is 5.97. The van der Waals surface area contributed by atoms with E-state index in [0.29, 0.717) is 21.3 Å². The maximum Gasteiger partial charge on any atom is 0.339 e. The lowest BCUT2D eigenvalue weighted by molar-refractivity contribution is 0.0599. The molecule has 0 aromatic heterocycles. The lowest BCUT2D eigenvalue weighted by Crippen LogP contribution is -2.34. The van der Waals surface area contributed by atoms with Gasteiger partial charge in [-0.1, -0.05) is 0 Å². The molecule has 1 atom stereocenters. The fourth-order valence-electron chi connectivity index (χ4n) is 1.57. The number of benzene rings is 1. The second kappa shape index (κ2) is 7.25. The van der Waals surface area contributed by atoms with Crippen molar-refractivity contribution in [1.29, 1.82) is 0 Å². The highest BCUT2D eigenvalue weighted by Gasteiger charge is 2.17. The molecule has 0 saturated heterocycles. The number of halogens is 1. The van der Waals surface area contributed by atoms with Crippen LogP contribution in [-0.2, 0) is 4.74 Å². The Morgan fingerprint density at radius 3 is 2.65 bits per heavy atom. The minimum atomic E-state index is -0.627. The molecule has 110 valence electrons. The molecule has 7 heteroatoms. The van der Waals surface area contributed by atoms with Gasteiger partial charge in [0.15, 0.2) is 0 Å². The average Bonchev–Trinajstić information content (AvgIpc) is 2.39. The summed E-state index contributed by atoms with van der Waals surface area (Å²) in [5.41, 5.74) is 1.45. The van der Waals surface area contributed by atoms with Gasteiger partial charge in [-0.05, 0) is 47.5 Å². The first-order valence-electron chi connectivity index (χ1n) is 5.97. The van der Waals surface area contributed by atoms with Crippen LogP contribution in [0.2, 0.25) is 0 Å². The van der Waals surface area contributed by atoms with Crippen molar-refractivity contribution in [3.63, 3.8) is 0 Å². The van der Waals surface area contributed by atoms with Crippen molar-refractivity contribution < 1.29 is 19.4 Å². The number of aliphatic hydroxyl groups is 1. The van der Waals surface area contributed by atoms with Crippen LogP contribution in [0.25, 0.3) is 0 Å². The maximum absolute atomic E-state index is 11.7. The van der Waals surface area contributed by atoms with Gasteiger partial charge < -0.3 is 20.5 Å². The van der Waals surface area contributed by atoms with Crippen LogP contribution in [0, 0.1) is 6.92 Å². The normalized spacial score (nSPS) is 11.7. The molecule has 1 aromatic rings. The molecule has 0 saturated carbocycles. The zero-order valence-corrected chi connectivity index (χ0v) is 13.1. The number of hydrogen-bond donors (Lipinski definition) is 3. The summed E-state index contributed by atoms with van der Waals surface area (Å²) in [4.78, 5) is 23.3. The minimum absolute atomic E-state index is 0.144. The first-order valence-corrected chi connectivity index (χ1v) is 6.76. The van der Waals surface area contributed by atoms with Crippen LogP contribution in [-0.4, -0.2) is 36.9 Å². The molecule has 20 heavy (non-hydrogen) atoms. The van der Waals surface area contributed by atoms with Crippen molar-refractivity contribution in [2.45, 2.75) is 20.0 Å². The molecule has 1 aromatic carbocycles. The van der Waals surface area contributed by atoms with Crippen LogP contribution < -0.4 is 10.6 Å². The van der Waals surface area contributed by atoms with Gasteiger partial charge >= 0.3 is 12.0 Å². The number of carbonyl (C=O) groups excluding carboxylic acids is 2. The number of esters is 1. The first-order chi connectivity index (χ1) is 9.36. The smallest absolute Gasteiger partial charge is 0.339 e. The molecular weight excluding hydrogens is 328 g/mol. The Hall–Kier alpha value is -1.60. The van der Waals surface area contributed by atoms with Gasteiger partial charge in [-0.3, -0.25) is 0 Å². The van der Waals surface area contributed by atoms with Crippen molar-refractivity contribution >= 4 is 33.6 Å². The minimum Gasteiger partial charge on any atom is -0.465 e.